The SMILES string of the molecule is Cc1cn(-c2cncc3[nH]c(-c4n[nH]c5ccc(-c6cncc(CN(C)C)c6)cc45)cc23)cn1. The molecule has 0 aliphatic heterocycles. The first-order valence-electron chi connectivity index (χ1n) is 11.1. The fourth-order valence-electron chi connectivity index (χ4n) is 4.42. The highest BCUT2D eigenvalue weighted by molar-refractivity contribution is 5.99. The van der Waals surface area contributed by atoms with Crippen molar-refractivity contribution in [3.05, 3.63) is 78.9 Å². The van der Waals surface area contributed by atoms with E-state index in [0.717, 1.165) is 62.2 Å². The number of nitrogens with one attached hydrogen (secondary N) is 2. The van der Waals surface area contributed by atoms with Gasteiger partial charge in [-0.05, 0) is 56.4 Å². The molecule has 0 spiro atoms. The smallest absolute Gasteiger partial charge is 0.116 e. The number of aromatic amines is 2. The van der Waals surface area contributed by atoms with E-state index >= 15 is 0 Å². The maximum Gasteiger partial charge on any atom is 0.116 e. The standard InChI is InChI=1S/C26H24N8/c1-16-13-34(15-29-16)25-12-28-11-24-20(25)8-23(30-24)26-21-7-18(4-5-22(21)31-32-26)19-6-17(9-27-10-19)14-33(2)3/h4-13,15,30H,14H2,1-3H3,(H,31,32). The Morgan fingerprint density at radius 1 is 0.912 bits per heavy atom. The normalized spacial score (nSPS) is 11.8. The van der Waals surface area contributed by atoms with Crippen LogP contribution in [0, 0.1) is 6.92 Å². The Morgan fingerprint density at radius 3 is 2.62 bits per heavy atom. The molecule has 5 aromatic heterocycles. The molecule has 0 saturated carbocycles. The molecule has 0 bridgehead atoms. The molecule has 0 atom stereocenters. The summed E-state index contributed by atoms with van der Waals surface area (Å²) in [5.41, 5.74) is 9.06. The van der Waals surface area contributed by atoms with Gasteiger partial charge in [-0.15, -0.1) is 0 Å². The number of pyridine rings is 2. The minimum absolute atomic E-state index is 0.849. The Balaban J connectivity index is 1.45. The van der Waals surface area contributed by atoms with Crippen LogP contribution in [0.5, 0.6) is 0 Å². The van der Waals surface area contributed by atoms with Crippen molar-refractivity contribution in [1.82, 2.24) is 39.6 Å². The van der Waals surface area contributed by atoms with E-state index in [-0.39, 0.29) is 0 Å². The number of aromatic nitrogens is 7. The molecule has 0 amide bonds. The van der Waals surface area contributed by atoms with Crippen molar-refractivity contribution in [3.8, 4) is 28.2 Å². The van der Waals surface area contributed by atoms with Crippen LogP contribution in [0.2, 0.25) is 0 Å². The summed E-state index contributed by atoms with van der Waals surface area (Å²) in [6.45, 7) is 2.83. The van der Waals surface area contributed by atoms with Gasteiger partial charge in [-0.1, -0.05) is 6.07 Å². The molecule has 8 nitrogen and oxygen atoms in total. The number of hydrogen-bond acceptors (Lipinski definition) is 5. The Kier molecular flexibility index (Phi) is 4.74. The summed E-state index contributed by atoms with van der Waals surface area (Å²) >= 11 is 0. The molecule has 168 valence electrons. The van der Waals surface area contributed by atoms with E-state index in [4.69, 9.17) is 0 Å². The first-order chi connectivity index (χ1) is 16.5. The second kappa shape index (κ2) is 7.93. The largest absolute Gasteiger partial charge is 0.352 e. The molecule has 0 unspecified atom stereocenters. The van der Waals surface area contributed by atoms with Gasteiger partial charge in [0, 0.05) is 41.5 Å². The van der Waals surface area contributed by atoms with Gasteiger partial charge in [0.1, 0.15) is 5.69 Å². The summed E-state index contributed by atoms with van der Waals surface area (Å²) in [6, 6.07) is 10.7. The average molecular weight is 449 g/mol. The van der Waals surface area contributed by atoms with Crippen LogP contribution in [0.1, 0.15) is 11.3 Å². The minimum Gasteiger partial charge on any atom is -0.352 e. The lowest BCUT2D eigenvalue weighted by molar-refractivity contribution is 0.402. The third-order valence-corrected chi connectivity index (χ3v) is 5.96. The Morgan fingerprint density at radius 2 is 1.79 bits per heavy atom. The van der Waals surface area contributed by atoms with Gasteiger partial charge in [0.25, 0.3) is 0 Å². The number of hydrogen-bond donors (Lipinski definition) is 2. The van der Waals surface area contributed by atoms with Crippen molar-refractivity contribution in [1.29, 1.82) is 0 Å². The van der Waals surface area contributed by atoms with E-state index in [1.807, 2.05) is 48.8 Å². The fraction of sp³-hybridized carbons (Fsp3) is 0.154. The molecule has 8 heteroatoms. The predicted octanol–water partition coefficient (Wildman–Crippen LogP) is 4.72. The van der Waals surface area contributed by atoms with Gasteiger partial charge in [-0.3, -0.25) is 15.1 Å². The summed E-state index contributed by atoms with van der Waals surface area (Å²) < 4.78 is 2.00. The summed E-state index contributed by atoms with van der Waals surface area (Å²) in [7, 11) is 4.12. The summed E-state index contributed by atoms with van der Waals surface area (Å²) in [4.78, 5) is 18.9. The lowest BCUT2D eigenvalue weighted by atomic mass is 10.0. The second-order valence-corrected chi connectivity index (χ2v) is 8.88. The van der Waals surface area contributed by atoms with Crippen molar-refractivity contribution >= 4 is 21.8 Å². The zero-order valence-corrected chi connectivity index (χ0v) is 19.2. The molecular formula is C26H24N8. The van der Waals surface area contributed by atoms with Crippen molar-refractivity contribution in [2.24, 2.45) is 0 Å². The van der Waals surface area contributed by atoms with Crippen LogP contribution in [-0.2, 0) is 6.54 Å². The molecule has 6 rings (SSSR count). The fourth-order valence-corrected chi connectivity index (χ4v) is 4.42. The monoisotopic (exact) mass is 448 g/mol. The van der Waals surface area contributed by atoms with E-state index in [9.17, 15) is 0 Å². The number of rotatable bonds is 5. The van der Waals surface area contributed by atoms with Gasteiger partial charge in [-0.25, -0.2) is 4.98 Å². The number of benzene rings is 1. The van der Waals surface area contributed by atoms with Crippen LogP contribution in [0.4, 0.5) is 0 Å². The van der Waals surface area contributed by atoms with Crippen LogP contribution in [0.3, 0.4) is 0 Å². The van der Waals surface area contributed by atoms with E-state index < -0.39 is 0 Å². The predicted molar refractivity (Wildman–Crippen MR) is 134 cm³/mol. The topological polar surface area (TPSA) is 91.3 Å². The highest BCUT2D eigenvalue weighted by Gasteiger charge is 2.15. The lowest BCUT2D eigenvalue weighted by Crippen LogP contribution is -2.10. The van der Waals surface area contributed by atoms with E-state index in [2.05, 4.69) is 79.5 Å². The molecule has 0 aliphatic rings. The first-order valence-corrected chi connectivity index (χ1v) is 11.1. The van der Waals surface area contributed by atoms with Crippen molar-refractivity contribution < 1.29 is 0 Å². The highest BCUT2D eigenvalue weighted by Crippen LogP contribution is 2.33. The van der Waals surface area contributed by atoms with Gasteiger partial charge in [0.05, 0.1) is 46.8 Å². The molecule has 6 aromatic rings. The van der Waals surface area contributed by atoms with Crippen LogP contribution in [0.15, 0.2) is 67.6 Å². The first kappa shape index (κ1) is 20.3. The second-order valence-electron chi connectivity index (χ2n) is 8.88. The Bertz CT molecular complexity index is 1640. The number of H-pyrrole nitrogens is 2. The number of nitrogens with zero attached hydrogens (tertiary/aromatic N) is 6. The number of fused-ring (bicyclic) bond motifs is 2. The van der Waals surface area contributed by atoms with E-state index in [1.54, 1.807) is 0 Å². The van der Waals surface area contributed by atoms with Crippen LogP contribution in [-0.4, -0.2) is 53.7 Å². The molecule has 34 heavy (non-hydrogen) atoms. The molecule has 0 radical (unpaired) electrons. The molecule has 2 N–H and O–H groups in total. The van der Waals surface area contributed by atoms with E-state index in [0.29, 0.717) is 0 Å². The van der Waals surface area contributed by atoms with Crippen LogP contribution < -0.4 is 0 Å². The zero-order chi connectivity index (χ0) is 23.2. The number of aryl methyl sites for hydroxylation is 1. The molecule has 5 heterocycles. The number of imidazole rings is 1. The third kappa shape index (κ3) is 3.54. The van der Waals surface area contributed by atoms with Gasteiger partial charge < -0.3 is 14.5 Å². The summed E-state index contributed by atoms with van der Waals surface area (Å²) in [6.07, 6.45) is 11.3. The highest BCUT2D eigenvalue weighted by atomic mass is 15.1. The van der Waals surface area contributed by atoms with Crippen molar-refractivity contribution in [3.63, 3.8) is 0 Å². The average Bonchev–Trinajstić information content (AvgIpc) is 3.55. The van der Waals surface area contributed by atoms with E-state index in [1.165, 1.54) is 5.56 Å². The quantitative estimate of drug-likeness (QED) is 0.398. The minimum atomic E-state index is 0.849. The molecule has 0 saturated heterocycles. The van der Waals surface area contributed by atoms with Crippen molar-refractivity contribution in [2.45, 2.75) is 13.5 Å². The van der Waals surface area contributed by atoms with Gasteiger partial charge >= 0.3 is 0 Å². The lowest BCUT2D eigenvalue weighted by Gasteiger charge is -2.10. The maximum absolute atomic E-state index is 4.64. The summed E-state index contributed by atoms with van der Waals surface area (Å²) in [5.74, 6) is 0. The van der Waals surface area contributed by atoms with Crippen molar-refractivity contribution in [2.75, 3.05) is 14.1 Å². The molecule has 0 aliphatic carbocycles. The van der Waals surface area contributed by atoms with Crippen LogP contribution in [0.25, 0.3) is 50.0 Å². The Labute approximate surface area is 196 Å². The molecular weight excluding hydrogens is 424 g/mol. The maximum atomic E-state index is 4.64. The zero-order valence-electron chi connectivity index (χ0n) is 19.2. The van der Waals surface area contributed by atoms with Gasteiger partial charge in [-0.2, -0.15) is 5.10 Å². The molecule has 0 fully saturated rings. The Hall–Kier alpha value is -4.30. The van der Waals surface area contributed by atoms with Crippen LogP contribution >= 0.6 is 0 Å². The molecule has 1 aromatic carbocycles. The summed E-state index contributed by atoms with van der Waals surface area (Å²) in [5, 5.41) is 9.93. The third-order valence-electron chi connectivity index (χ3n) is 5.96. The van der Waals surface area contributed by atoms with Gasteiger partial charge in [0.2, 0.25) is 0 Å². The van der Waals surface area contributed by atoms with Gasteiger partial charge in [0.15, 0.2) is 0 Å².